The standard InChI is InChI=1S/C16H32O9.C12H24O7.C11H22O6.C10H20O7.2C10H20O6.C8H16O6.C8H16O5.9CH4/c1-19-4-5-21-8-9-23-12-13-25-15-14-24-11-10-22-7-6-20-3-2-16(17)18;1-15-4-5-17-8-9-19-11-10-18-7-6-16-3-2-12(13)14;1-14-5-6-16-9-10-17-8-7-15-4-2-3-11(12)13;1-13-2-3-14-4-5-15-6-7-16-8-9-17-10(11)12;1-13-4-5-15-8-9-16-7-6-14-3-2-10(11)12;1-2-3-13-4-5-14-6-7-15-8-9-16-10(11)12;1-11-2-3-12-4-5-13-6-7-14-8(9)10;1-11-4-5-13-7-6-12-3-2-8(9)10;;;;;;;;;/h2-15H2,1H3,(H,17,18);2-11H2,1H3,(H,13,14);2-10H2,1H3,(H,12,13);2-9H2,1H3,(H,11,12);2*2-9H2,1H3,(H,11,12);2-7H2,1H3,(H,9,10);2-7H2,1H3,(H,9,10);9*1H4. The van der Waals surface area contributed by atoms with Gasteiger partial charge in [-0.25, -0.2) is 14.4 Å². The summed E-state index contributed by atoms with van der Waals surface area (Å²) in [7, 11) is 11.3. The van der Waals surface area contributed by atoms with Gasteiger partial charge in [-0.15, -0.1) is 0 Å². The smallest absolute Gasteiger partial charge is 0.481 e. The van der Waals surface area contributed by atoms with E-state index in [9.17, 15) is 38.4 Å². The van der Waals surface area contributed by atoms with Crippen LogP contribution in [0, 0.1) is 0 Å². The molecule has 0 aromatic rings. The van der Waals surface area contributed by atoms with Crippen LogP contribution in [0.1, 0.15) is 119 Å². The summed E-state index contributed by atoms with van der Waals surface area (Å²) in [6.45, 7) is 30.5. The lowest BCUT2D eigenvalue weighted by Gasteiger charge is -2.08. The summed E-state index contributed by atoms with van der Waals surface area (Å²) in [5, 5.41) is 66.1. The van der Waals surface area contributed by atoms with E-state index in [1.807, 2.05) is 6.92 Å². The minimum Gasteiger partial charge on any atom is -0.481 e. The molecular formula is C94H206O52. The number of hydrogen-bond donors (Lipinski definition) is 8. The average Bonchev–Trinajstić information content (AvgIpc) is 1.11. The molecule has 0 aliphatic rings. The molecule has 0 atom stereocenters. The fourth-order valence-electron chi connectivity index (χ4n) is 7.44. The molecule has 52 nitrogen and oxygen atoms in total. The topological polar surface area (TPSA) is 631 Å². The van der Waals surface area contributed by atoms with E-state index in [1.54, 1.807) is 49.8 Å². The van der Waals surface area contributed by atoms with Gasteiger partial charge in [-0.05, 0) is 12.8 Å². The van der Waals surface area contributed by atoms with Gasteiger partial charge in [0.05, 0.1) is 402 Å². The molecule has 0 rings (SSSR count). The molecule has 0 unspecified atom stereocenters. The third-order valence-corrected chi connectivity index (χ3v) is 13.9. The lowest BCUT2D eigenvalue weighted by molar-refractivity contribution is -0.139. The molecule has 0 aliphatic carbocycles. The van der Waals surface area contributed by atoms with Crippen molar-refractivity contribution in [2.24, 2.45) is 0 Å². The van der Waals surface area contributed by atoms with E-state index in [0.717, 1.165) is 13.0 Å². The zero-order valence-corrected chi connectivity index (χ0v) is 82.3. The zero-order valence-electron chi connectivity index (χ0n) is 82.3. The monoisotopic (exact) mass is 2170 g/mol. The first-order valence-corrected chi connectivity index (χ1v) is 44.8. The van der Waals surface area contributed by atoms with Crippen LogP contribution in [0.15, 0.2) is 0 Å². The van der Waals surface area contributed by atoms with Gasteiger partial charge >= 0.3 is 48.3 Å². The molecule has 894 valence electrons. The summed E-state index contributed by atoms with van der Waals surface area (Å²) in [5.41, 5.74) is 0. The largest absolute Gasteiger partial charge is 0.505 e. The maximum absolute atomic E-state index is 10.2. The number of carboxylic acid groups (broad SMARTS) is 8. The van der Waals surface area contributed by atoms with Gasteiger partial charge in [0, 0.05) is 69.4 Å². The molecule has 0 aliphatic heterocycles. The maximum Gasteiger partial charge on any atom is 0.505 e. The van der Waals surface area contributed by atoms with Gasteiger partial charge in [-0.3, -0.25) is 24.0 Å². The van der Waals surface area contributed by atoms with Crippen molar-refractivity contribution in [2.45, 2.75) is 119 Å². The number of rotatable bonds is 102. The molecule has 0 bridgehead atoms. The Balaban J connectivity index is -0.0000000867. The zero-order chi connectivity index (χ0) is 103. The molecule has 0 heterocycles. The van der Waals surface area contributed by atoms with Gasteiger partial charge in [0.2, 0.25) is 0 Å². The molecule has 8 N–H and O–H groups in total. The molecule has 0 aromatic carbocycles. The Morgan fingerprint density at radius 2 is 0.240 bits per heavy atom. The van der Waals surface area contributed by atoms with E-state index in [-0.39, 0.29) is 165 Å². The average molecular weight is 2170 g/mol. The van der Waals surface area contributed by atoms with Crippen LogP contribution in [0.5, 0.6) is 0 Å². The van der Waals surface area contributed by atoms with Crippen molar-refractivity contribution in [3.8, 4) is 0 Å². The Bertz CT molecular complexity index is 2250. The van der Waals surface area contributed by atoms with Crippen molar-refractivity contribution < 1.29 is 250 Å². The fraction of sp³-hybridized carbons (Fsp3) is 0.915. The summed E-state index contributed by atoms with van der Waals surface area (Å²) >= 11 is 0. The van der Waals surface area contributed by atoms with Gasteiger partial charge in [0.1, 0.15) is 19.8 Å². The summed E-state index contributed by atoms with van der Waals surface area (Å²) in [6.07, 6.45) is -2.08. The Labute approximate surface area is 873 Å². The second kappa shape index (κ2) is 175. The number of methoxy groups -OCH3 is 7. The van der Waals surface area contributed by atoms with Crippen LogP contribution in [-0.2, 0) is 194 Å². The minimum absolute atomic E-state index is 0. The van der Waals surface area contributed by atoms with Gasteiger partial charge in [0.15, 0.2) is 0 Å². The van der Waals surface area contributed by atoms with Gasteiger partial charge in [0.25, 0.3) is 0 Å². The molecule has 146 heavy (non-hydrogen) atoms. The van der Waals surface area contributed by atoms with Crippen LogP contribution >= 0.6 is 0 Å². The predicted octanol–water partition coefficient (Wildman–Crippen LogP) is 8.83. The number of carbonyl (C=O) groups is 8. The first-order valence-electron chi connectivity index (χ1n) is 44.8. The first kappa shape index (κ1) is 179. The predicted molar refractivity (Wildman–Crippen MR) is 543 cm³/mol. The van der Waals surface area contributed by atoms with Crippen molar-refractivity contribution in [3.63, 3.8) is 0 Å². The first-order chi connectivity index (χ1) is 66.7. The van der Waals surface area contributed by atoms with Crippen molar-refractivity contribution >= 4 is 48.3 Å². The van der Waals surface area contributed by atoms with Crippen LogP contribution in [0.25, 0.3) is 0 Å². The number of ether oxygens (including phenoxy) is 36. The van der Waals surface area contributed by atoms with Crippen molar-refractivity contribution in [1.29, 1.82) is 0 Å². The molecular weight excluding hydrogens is 1960 g/mol. The Kier molecular flexibility index (Phi) is 214. The SMILES string of the molecule is C.C.C.C.C.C.C.C.C.CCCOCCOCCOCCOC(=O)O.COCCOCCOCCC(=O)O.COCCOCCOCCOC(=O)O.COCCOCCOCCOCCC(=O)O.COCCOCCOCCOCCCC(=O)O.COCCOCCOCCOCCOC(=O)O.COCCOCCOCCOCCOCCC(=O)O.COCCOCCOCCOCCOCCOCCOCCC(=O)O. The third-order valence-electron chi connectivity index (χ3n) is 13.9. The molecule has 0 amide bonds. The van der Waals surface area contributed by atoms with E-state index >= 15 is 0 Å². The van der Waals surface area contributed by atoms with Crippen molar-refractivity contribution in [1.82, 2.24) is 0 Å². The quantitative estimate of drug-likeness (QED) is 0.0160. The highest BCUT2D eigenvalue weighted by molar-refractivity contribution is 5.68. The van der Waals surface area contributed by atoms with Gasteiger partial charge in [-0.2, -0.15) is 0 Å². The molecule has 52 heteroatoms. The summed E-state index contributed by atoms with van der Waals surface area (Å²) < 4.78 is 181. The van der Waals surface area contributed by atoms with Crippen LogP contribution in [0.3, 0.4) is 0 Å². The lowest BCUT2D eigenvalue weighted by atomic mass is 10.3. The molecule has 0 radical (unpaired) electrons. The third kappa shape index (κ3) is 226. The van der Waals surface area contributed by atoms with Crippen LogP contribution in [0.4, 0.5) is 14.4 Å². The Hall–Kier alpha value is -6.16. The van der Waals surface area contributed by atoms with E-state index in [4.69, 9.17) is 197 Å². The maximum atomic E-state index is 10.2. The summed E-state index contributed by atoms with van der Waals surface area (Å²) in [4.78, 5) is 80.5. The molecule has 0 fully saturated rings. The lowest BCUT2D eigenvalue weighted by Crippen LogP contribution is -2.14. The fourth-order valence-corrected chi connectivity index (χ4v) is 7.44. The minimum atomic E-state index is -1.29. The molecule has 0 aromatic heterocycles. The van der Waals surface area contributed by atoms with Crippen LogP contribution < -0.4 is 0 Å². The summed E-state index contributed by atoms with van der Waals surface area (Å²) in [5.74, 6) is -4.22. The van der Waals surface area contributed by atoms with E-state index in [2.05, 4.69) is 14.2 Å². The van der Waals surface area contributed by atoms with Crippen molar-refractivity contribution in [2.75, 3.05) is 459 Å². The number of aliphatic carboxylic acids is 5. The number of hydrogen-bond acceptors (Lipinski definition) is 44. The Morgan fingerprint density at radius 3 is 0.349 bits per heavy atom. The molecule has 0 saturated heterocycles. The molecule has 0 saturated carbocycles. The van der Waals surface area contributed by atoms with Gasteiger partial charge in [-0.1, -0.05) is 73.8 Å². The van der Waals surface area contributed by atoms with Crippen LogP contribution in [-0.4, -0.2) is 549 Å². The Morgan fingerprint density at radius 1 is 0.137 bits per heavy atom. The number of carboxylic acids is 5. The highest BCUT2D eigenvalue weighted by Crippen LogP contribution is 1.96. The highest BCUT2D eigenvalue weighted by atomic mass is 16.7. The van der Waals surface area contributed by atoms with E-state index in [1.165, 1.54) is 0 Å². The second-order valence-corrected chi connectivity index (χ2v) is 25.3. The highest BCUT2D eigenvalue weighted by Gasteiger charge is 2.06. The summed E-state index contributed by atoms with van der Waals surface area (Å²) in [6, 6.07) is 0. The van der Waals surface area contributed by atoms with Crippen molar-refractivity contribution in [3.05, 3.63) is 0 Å². The van der Waals surface area contributed by atoms with E-state index in [0.29, 0.717) is 343 Å². The normalized spacial score (nSPS) is 9.92. The van der Waals surface area contributed by atoms with Gasteiger partial charge < -0.3 is 211 Å². The van der Waals surface area contributed by atoms with Crippen LogP contribution in [0.2, 0.25) is 0 Å². The second-order valence-electron chi connectivity index (χ2n) is 25.3. The van der Waals surface area contributed by atoms with E-state index < -0.39 is 48.3 Å². The molecule has 0 spiro atoms.